The lowest BCUT2D eigenvalue weighted by Crippen LogP contribution is -2.27. The number of carbonyl (C=O) groups excluding carboxylic acids is 1. The highest BCUT2D eigenvalue weighted by atomic mass is 19.3. The molecule has 1 amide bonds. The third-order valence-electron chi connectivity index (χ3n) is 2.89. The van der Waals surface area contributed by atoms with Crippen molar-refractivity contribution in [3.63, 3.8) is 0 Å². The molecule has 8 heteroatoms. The van der Waals surface area contributed by atoms with Gasteiger partial charge in [0.25, 0.3) is 11.5 Å². The summed E-state index contributed by atoms with van der Waals surface area (Å²) in [5.74, 6) is -0.0536. The van der Waals surface area contributed by atoms with Crippen LogP contribution in [0.15, 0.2) is 35.1 Å². The van der Waals surface area contributed by atoms with Crippen molar-refractivity contribution < 1.29 is 18.3 Å². The number of nitrogens with one attached hydrogen (secondary N) is 2. The van der Waals surface area contributed by atoms with Gasteiger partial charge in [0.1, 0.15) is 11.6 Å². The van der Waals surface area contributed by atoms with E-state index in [9.17, 15) is 18.4 Å². The monoisotopic (exact) mass is 323 g/mol. The molecule has 0 fully saturated rings. The van der Waals surface area contributed by atoms with Gasteiger partial charge in [0.15, 0.2) is 0 Å². The van der Waals surface area contributed by atoms with Crippen LogP contribution in [0.25, 0.3) is 0 Å². The number of aryl methyl sites for hydroxylation is 1. The van der Waals surface area contributed by atoms with E-state index in [1.807, 2.05) is 0 Å². The number of carbonyl (C=O) groups is 1. The van der Waals surface area contributed by atoms with Gasteiger partial charge in [-0.2, -0.15) is 8.78 Å². The molecule has 0 aliphatic carbocycles. The van der Waals surface area contributed by atoms with E-state index < -0.39 is 12.5 Å². The highest BCUT2D eigenvalue weighted by Crippen LogP contribution is 2.15. The lowest BCUT2D eigenvalue weighted by Gasteiger charge is -2.08. The molecule has 0 spiro atoms. The van der Waals surface area contributed by atoms with Crippen molar-refractivity contribution in [3.05, 3.63) is 57.8 Å². The van der Waals surface area contributed by atoms with E-state index in [1.54, 1.807) is 6.92 Å². The van der Waals surface area contributed by atoms with Crippen LogP contribution in [0.5, 0.6) is 5.75 Å². The minimum Gasteiger partial charge on any atom is -0.435 e. The lowest BCUT2D eigenvalue weighted by atomic mass is 10.2. The average molecular weight is 323 g/mol. The number of aromatic nitrogens is 2. The standard InChI is InChI=1S/C15H15F2N3O3/c1-9-7-13(21)20-12(19-9)5-6-18-14(22)10-3-2-4-11(8-10)23-15(16)17/h2-4,7-8,15H,5-6H2,1H3,(H,18,22)(H,19,20,21). The number of ether oxygens (including phenoxy) is 1. The molecule has 1 aromatic carbocycles. The van der Waals surface area contributed by atoms with Crippen LogP contribution in [0.1, 0.15) is 21.9 Å². The van der Waals surface area contributed by atoms with Gasteiger partial charge in [-0.1, -0.05) is 6.07 Å². The molecule has 0 bridgehead atoms. The summed E-state index contributed by atoms with van der Waals surface area (Å²) < 4.78 is 28.5. The van der Waals surface area contributed by atoms with Gasteiger partial charge in [0.2, 0.25) is 0 Å². The number of halogens is 2. The van der Waals surface area contributed by atoms with Gasteiger partial charge in [0.05, 0.1) is 0 Å². The smallest absolute Gasteiger partial charge is 0.387 e. The molecule has 0 unspecified atom stereocenters. The first-order valence-corrected chi connectivity index (χ1v) is 6.84. The Bertz CT molecular complexity index is 747. The quantitative estimate of drug-likeness (QED) is 0.847. The molecule has 0 saturated carbocycles. The Morgan fingerprint density at radius 2 is 2.17 bits per heavy atom. The Kier molecular flexibility index (Phi) is 5.40. The van der Waals surface area contributed by atoms with Crippen LogP contribution in [0.3, 0.4) is 0 Å². The number of alkyl halides is 2. The Hall–Kier alpha value is -2.77. The normalized spacial score (nSPS) is 10.6. The fourth-order valence-corrected chi connectivity index (χ4v) is 1.97. The van der Waals surface area contributed by atoms with Gasteiger partial charge < -0.3 is 15.0 Å². The second-order valence-electron chi connectivity index (χ2n) is 4.75. The van der Waals surface area contributed by atoms with Crippen LogP contribution >= 0.6 is 0 Å². The largest absolute Gasteiger partial charge is 0.435 e. The summed E-state index contributed by atoms with van der Waals surface area (Å²) in [4.78, 5) is 30.0. The second-order valence-corrected chi connectivity index (χ2v) is 4.75. The van der Waals surface area contributed by atoms with Gasteiger partial charge in [0, 0.05) is 30.3 Å². The average Bonchev–Trinajstić information content (AvgIpc) is 2.45. The van der Waals surface area contributed by atoms with Crippen LogP contribution in [0, 0.1) is 6.92 Å². The number of hydrogen-bond acceptors (Lipinski definition) is 4. The van der Waals surface area contributed by atoms with Crippen molar-refractivity contribution in [2.75, 3.05) is 6.54 Å². The number of nitrogens with zero attached hydrogens (tertiary/aromatic N) is 1. The molecule has 0 aliphatic heterocycles. The van der Waals surface area contributed by atoms with Crippen LogP contribution in [0.2, 0.25) is 0 Å². The number of amides is 1. The maximum absolute atomic E-state index is 12.2. The first-order valence-electron chi connectivity index (χ1n) is 6.84. The summed E-state index contributed by atoms with van der Waals surface area (Å²) in [6.45, 7) is -1.01. The Morgan fingerprint density at radius 3 is 2.87 bits per heavy atom. The van der Waals surface area contributed by atoms with E-state index in [1.165, 1.54) is 30.3 Å². The number of H-pyrrole nitrogens is 1. The molecule has 1 heterocycles. The van der Waals surface area contributed by atoms with Gasteiger partial charge in [-0.15, -0.1) is 0 Å². The first kappa shape index (κ1) is 16.6. The number of rotatable bonds is 6. The van der Waals surface area contributed by atoms with Crippen molar-refractivity contribution in [2.45, 2.75) is 20.0 Å². The molecule has 6 nitrogen and oxygen atoms in total. The first-order chi connectivity index (χ1) is 10.9. The lowest BCUT2D eigenvalue weighted by molar-refractivity contribution is -0.0498. The second kappa shape index (κ2) is 7.48. The predicted molar refractivity (Wildman–Crippen MR) is 78.7 cm³/mol. The van der Waals surface area contributed by atoms with Gasteiger partial charge in [-0.3, -0.25) is 9.59 Å². The number of aromatic amines is 1. The van der Waals surface area contributed by atoms with E-state index in [4.69, 9.17) is 0 Å². The summed E-state index contributed by atoms with van der Waals surface area (Å²) in [6.07, 6.45) is 0.343. The van der Waals surface area contributed by atoms with Crippen LogP contribution in [-0.2, 0) is 6.42 Å². The fourth-order valence-electron chi connectivity index (χ4n) is 1.97. The number of benzene rings is 1. The van der Waals surface area contributed by atoms with Crippen molar-refractivity contribution >= 4 is 5.91 Å². The van der Waals surface area contributed by atoms with Gasteiger partial charge in [-0.25, -0.2) is 4.98 Å². The number of hydrogen-bond donors (Lipinski definition) is 2. The van der Waals surface area contributed by atoms with Crippen molar-refractivity contribution in [1.29, 1.82) is 0 Å². The molecule has 0 atom stereocenters. The fraction of sp³-hybridized carbons (Fsp3) is 0.267. The molecule has 122 valence electrons. The van der Waals surface area contributed by atoms with E-state index in [2.05, 4.69) is 20.0 Å². The molecule has 23 heavy (non-hydrogen) atoms. The summed E-state index contributed by atoms with van der Waals surface area (Å²) in [5.41, 5.74) is 0.538. The molecule has 2 N–H and O–H groups in total. The predicted octanol–water partition coefficient (Wildman–Crippen LogP) is 1.65. The van der Waals surface area contributed by atoms with Gasteiger partial charge in [-0.05, 0) is 25.1 Å². The molecule has 2 rings (SSSR count). The third kappa shape index (κ3) is 5.17. The topological polar surface area (TPSA) is 84.1 Å². The zero-order valence-electron chi connectivity index (χ0n) is 12.3. The van der Waals surface area contributed by atoms with Crippen LogP contribution in [0.4, 0.5) is 8.78 Å². The van der Waals surface area contributed by atoms with E-state index >= 15 is 0 Å². The minimum atomic E-state index is -2.95. The Morgan fingerprint density at radius 1 is 1.39 bits per heavy atom. The molecule has 1 aromatic heterocycles. The minimum absolute atomic E-state index is 0.0858. The Labute approximate surface area is 130 Å². The zero-order valence-corrected chi connectivity index (χ0v) is 12.3. The zero-order chi connectivity index (χ0) is 16.8. The maximum Gasteiger partial charge on any atom is 0.387 e. The van der Waals surface area contributed by atoms with Crippen LogP contribution < -0.4 is 15.6 Å². The molecular weight excluding hydrogens is 308 g/mol. The van der Waals surface area contributed by atoms with Crippen LogP contribution in [-0.4, -0.2) is 29.0 Å². The summed E-state index contributed by atoms with van der Waals surface area (Å²) in [5, 5.41) is 2.62. The highest BCUT2D eigenvalue weighted by Gasteiger charge is 2.09. The molecule has 2 aromatic rings. The van der Waals surface area contributed by atoms with Crippen molar-refractivity contribution in [2.24, 2.45) is 0 Å². The van der Waals surface area contributed by atoms with E-state index in [0.717, 1.165) is 0 Å². The van der Waals surface area contributed by atoms with E-state index in [-0.39, 0.29) is 23.4 Å². The SMILES string of the molecule is Cc1cc(=O)[nH]c(CCNC(=O)c2cccc(OC(F)F)c2)n1. The van der Waals surface area contributed by atoms with Gasteiger partial charge >= 0.3 is 6.61 Å². The maximum atomic E-state index is 12.2. The summed E-state index contributed by atoms with van der Waals surface area (Å²) in [7, 11) is 0. The highest BCUT2D eigenvalue weighted by molar-refractivity contribution is 5.94. The third-order valence-corrected chi connectivity index (χ3v) is 2.89. The molecule has 0 aliphatic rings. The van der Waals surface area contributed by atoms with E-state index in [0.29, 0.717) is 17.9 Å². The molecular formula is C15H15F2N3O3. The summed E-state index contributed by atoms with van der Waals surface area (Å²) in [6, 6.07) is 6.88. The van der Waals surface area contributed by atoms with Crippen molar-refractivity contribution in [1.82, 2.24) is 15.3 Å². The van der Waals surface area contributed by atoms with Crippen molar-refractivity contribution in [3.8, 4) is 5.75 Å². The molecule has 0 radical (unpaired) electrons. The molecule has 0 saturated heterocycles. The Balaban J connectivity index is 1.93. The summed E-state index contributed by atoms with van der Waals surface area (Å²) >= 11 is 0.